The second-order valence-electron chi connectivity index (χ2n) is 4.59. The summed E-state index contributed by atoms with van der Waals surface area (Å²) in [5.74, 6) is 0.365. The van der Waals surface area contributed by atoms with Crippen molar-refractivity contribution in [1.82, 2.24) is 5.32 Å². The van der Waals surface area contributed by atoms with Crippen LogP contribution >= 0.6 is 23.2 Å². The zero-order valence-electron chi connectivity index (χ0n) is 11.8. The molecule has 2 N–H and O–H groups in total. The van der Waals surface area contributed by atoms with Crippen LogP contribution in [0.3, 0.4) is 0 Å². The summed E-state index contributed by atoms with van der Waals surface area (Å²) in [4.78, 5) is 12.0. The van der Waals surface area contributed by atoms with Crippen molar-refractivity contribution in [2.45, 2.75) is 6.10 Å². The lowest BCUT2D eigenvalue weighted by atomic mass is 10.1. The van der Waals surface area contributed by atoms with E-state index in [1.165, 1.54) is 0 Å². The Hall–Kier alpha value is -1.75. The fourth-order valence-electron chi connectivity index (χ4n) is 1.96. The van der Waals surface area contributed by atoms with Crippen molar-refractivity contribution in [3.8, 4) is 5.75 Å². The predicted molar refractivity (Wildman–Crippen MR) is 86.7 cm³/mol. The number of carbonyl (C=O) groups excluding carboxylic acids is 1. The van der Waals surface area contributed by atoms with Crippen LogP contribution in [-0.2, 0) is 0 Å². The first kappa shape index (κ1) is 16.6. The van der Waals surface area contributed by atoms with Gasteiger partial charge in [0.15, 0.2) is 0 Å². The SMILES string of the molecule is COc1ccc(C(=O)NCC(O)c2c(Cl)cccc2Cl)cc1. The number of benzene rings is 2. The number of amides is 1. The van der Waals surface area contributed by atoms with E-state index in [1.54, 1.807) is 49.6 Å². The first-order chi connectivity index (χ1) is 10.5. The maximum absolute atomic E-state index is 12.0. The van der Waals surface area contributed by atoms with Crippen LogP contribution in [0.5, 0.6) is 5.75 Å². The summed E-state index contributed by atoms with van der Waals surface area (Å²) in [7, 11) is 1.55. The highest BCUT2D eigenvalue weighted by Crippen LogP contribution is 2.29. The third-order valence-electron chi connectivity index (χ3n) is 3.14. The lowest BCUT2D eigenvalue weighted by molar-refractivity contribution is 0.0916. The quantitative estimate of drug-likeness (QED) is 0.876. The van der Waals surface area contributed by atoms with Gasteiger partial charge in [-0.1, -0.05) is 29.3 Å². The van der Waals surface area contributed by atoms with E-state index in [4.69, 9.17) is 27.9 Å². The number of methoxy groups -OCH3 is 1. The van der Waals surface area contributed by atoms with Crippen LogP contribution in [-0.4, -0.2) is 24.7 Å². The summed E-state index contributed by atoms with van der Waals surface area (Å²) in [6, 6.07) is 11.6. The summed E-state index contributed by atoms with van der Waals surface area (Å²) in [6.07, 6.45) is -0.983. The van der Waals surface area contributed by atoms with Crippen molar-refractivity contribution in [2.24, 2.45) is 0 Å². The Morgan fingerprint density at radius 3 is 2.32 bits per heavy atom. The maximum atomic E-state index is 12.0. The van der Waals surface area contributed by atoms with Gasteiger partial charge in [0.05, 0.1) is 13.2 Å². The van der Waals surface area contributed by atoms with Crippen molar-refractivity contribution in [3.63, 3.8) is 0 Å². The second kappa shape index (κ2) is 7.49. The Morgan fingerprint density at radius 1 is 1.18 bits per heavy atom. The van der Waals surface area contributed by atoms with Gasteiger partial charge in [0, 0.05) is 27.7 Å². The fraction of sp³-hybridized carbons (Fsp3) is 0.188. The van der Waals surface area contributed by atoms with Crippen molar-refractivity contribution < 1.29 is 14.6 Å². The maximum Gasteiger partial charge on any atom is 0.251 e. The summed E-state index contributed by atoms with van der Waals surface area (Å²) < 4.78 is 5.03. The zero-order valence-corrected chi connectivity index (χ0v) is 13.4. The van der Waals surface area contributed by atoms with Gasteiger partial charge in [-0.15, -0.1) is 0 Å². The third-order valence-corrected chi connectivity index (χ3v) is 3.80. The minimum absolute atomic E-state index is 0.00825. The zero-order chi connectivity index (χ0) is 16.1. The molecular weight excluding hydrogens is 325 g/mol. The Balaban J connectivity index is 2.01. The molecule has 0 bridgehead atoms. The molecule has 2 aromatic rings. The summed E-state index contributed by atoms with van der Waals surface area (Å²) in [6.45, 7) is 0.00825. The number of aliphatic hydroxyl groups is 1. The molecule has 1 unspecified atom stereocenters. The molecular formula is C16H15Cl2NO3. The van der Waals surface area contributed by atoms with E-state index in [1.807, 2.05) is 0 Å². The number of carbonyl (C=O) groups is 1. The molecule has 0 saturated heterocycles. The van der Waals surface area contributed by atoms with Gasteiger partial charge in [0.2, 0.25) is 0 Å². The summed E-state index contributed by atoms with van der Waals surface area (Å²) >= 11 is 12.0. The van der Waals surface area contributed by atoms with Crippen molar-refractivity contribution in [3.05, 3.63) is 63.6 Å². The Bertz CT molecular complexity index is 639. The molecule has 0 fully saturated rings. The molecule has 2 rings (SSSR count). The molecule has 2 aromatic carbocycles. The highest BCUT2D eigenvalue weighted by atomic mass is 35.5. The molecule has 1 amide bonds. The minimum Gasteiger partial charge on any atom is -0.497 e. The van der Waals surface area contributed by atoms with Crippen LogP contribution < -0.4 is 10.1 Å². The molecule has 0 radical (unpaired) electrons. The predicted octanol–water partition coefficient (Wildman–Crippen LogP) is 3.47. The number of hydrogen-bond acceptors (Lipinski definition) is 3. The molecule has 116 valence electrons. The van der Waals surface area contributed by atoms with Crippen LogP contribution in [0.15, 0.2) is 42.5 Å². The Kier molecular flexibility index (Phi) is 5.66. The van der Waals surface area contributed by atoms with E-state index < -0.39 is 6.10 Å². The first-order valence-electron chi connectivity index (χ1n) is 6.57. The topological polar surface area (TPSA) is 58.6 Å². The molecule has 6 heteroatoms. The fourth-order valence-corrected chi connectivity index (χ4v) is 2.61. The van der Waals surface area contributed by atoms with E-state index in [9.17, 15) is 9.90 Å². The smallest absolute Gasteiger partial charge is 0.251 e. The van der Waals surface area contributed by atoms with Gasteiger partial charge >= 0.3 is 0 Å². The Morgan fingerprint density at radius 2 is 1.77 bits per heavy atom. The van der Waals surface area contributed by atoms with E-state index in [0.29, 0.717) is 26.9 Å². The molecule has 0 aliphatic rings. The van der Waals surface area contributed by atoms with Gasteiger partial charge in [-0.3, -0.25) is 4.79 Å². The Labute approximate surface area is 138 Å². The average molecular weight is 340 g/mol. The first-order valence-corrected chi connectivity index (χ1v) is 7.32. The van der Waals surface area contributed by atoms with Crippen LogP contribution in [0, 0.1) is 0 Å². The van der Waals surface area contributed by atoms with Crippen LogP contribution in [0.4, 0.5) is 0 Å². The van der Waals surface area contributed by atoms with E-state index >= 15 is 0 Å². The lowest BCUT2D eigenvalue weighted by Gasteiger charge is -2.15. The third kappa shape index (κ3) is 3.91. The molecule has 0 aliphatic carbocycles. The lowest BCUT2D eigenvalue weighted by Crippen LogP contribution is -2.28. The molecule has 0 heterocycles. The highest BCUT2D eigenvalue weighted by molar-refractivity contribution is 6.36. The van der Waals surface area contributed by atoms with E-state index in [0.717, 1.165) is 0 Å². The molecule has 0 spiro atoms. The van der Waals surface area contributed by atoms with Crippen molar-refractivity contribution >= 4 is 29.1 Å². The van der Waals surface area contributed by atoms with Crippen LogP contribution in [0.1, 0.15) is 22.0 Å². The molecule has 1 atom stereocenters. The number of ether oxygens (including phenoxy) is 1. The molecule has 4 nitrogen and oxygen atoms in total. The molecule has 0 aliphatic heterocycles. The number of halogens is 2. The van der Waals surface area contributed by atoms with E-state index in [-0.39, 0.29) is 12.5 Å². The van der Waals surface area contributed by atoms with Gasteiger partial charge in [-0.05, 0) is 36.4 Å². The van der Waals surface area contributed by atoms with Crippen LogP contribution in [0.25, 0.3) is 0 Å². The van der Waals surface area contributed by atoms with Gasteiger partial charge in [0.25, 0.3) is 5.91 Å². The second-order valence-corrected chi connectivity index (χ2v) is 5.40. The summed E-state index contributed by atoms with van der Waals surface area (Å²) in [5, 5.41) is 13.5. The number of hydrogen-bond donors (Lipinski definition) is 2. The van der Waals surface area contributed by atoms with Gasteiger partial charge < -0.3 is 15.2 Å². The normalized spacial score (nSPS) is 11.8. The van der Waals surface area contributed by atoms with E-state index in [2.05, 4.69) is 5.32 Å². The number of nitrogens with one attached hydrogen (secondary N) is 1. The molecule has 0 aromatic heterocycles. The monoisotopic (exact) mass is 339 g/mol. The number of rotatable bonds is 5. The molecule has 22 heavy (non-hydrogen) atoms. The standard InChI is InChI=1S/C16H15Cl2NO3/c1-22-11-7-5-10(6-8-11)16(21)19-9-14(20)15-12(17)3-2-4-13(15)18/h2-8,14,20H,9H2,1H3,(H,19,21). The average Bonchev–Trinajstić information content (AvgIpc) is 2.52. The van der Waals surface area contributed by atoms with Crippen molar-refractivity contribution in [1.29, 1.82) is 0 Å². The van der Waals surface area contributed by atoms with Crippen LogP contribution in [0.2, 0.25) is 10.0 Å². The summed E-state index contributed by atoms with van der Waals surface area (Å²) in [5.41, 5.74) is 0.874. The number of aliphatic hydroxyl groups excluding tert-OH is 1. The van der Waals surface area contributed by atoms with Crippen molar-refractivity contribution in [2.75, 3.05) is 13.7 Å². The largest absolute Gasteiger partial charge is 0.497 e. The highest BCUT2D eigenvalue weighted by Gasteiger charge is 2.16. The minimum atomic E-state index is -0.983. The van der Waals surface area contributed by atoms with Gasteiger partial charge in [-0.2, -0.15) is 0 Å². The van der Waals surface area contributed by atoms with Gasteiger partial charge in [0.1, 0.15) is 5.75 Å². The van der Waals surface area contributed by atoms with Gasteiger partial charge in [-0.25, -0.2) is 0 Å². The molecule has 0 saturated carbocycles.